The fourth-order valence-corrected chi connectivity index (χ4v) is 1.23. The van der Waals surface area contributed by atoms with Gasteiger partial charge in [0, 0.05) is 23.3 Å². The number of anilines is 1. The molecule has 0 spiro atoms. The van der Waals surface area contributed by atoms with E-state index in [1.807, 2.05) is 0 Å². The minimum absolute atomic E-state index is 0.134. The normalized spacial score (nSPS) is 14.7. The van der Waals surface area contributed by atoms with E-state index >= 15 is 0 Å². The molecule has 4 nitrogen and oxygen atoms in total. The average Bonchev–Trinajstić information content (AvgIpc) is 2.15. The summed E-state index contributed by atoms with van der Waals surface area (Å²) < 4.78 is 13.8. The maximum Gasteiger partial charge on any atom is 0.166 e. The van der Waals surface area contributed by atoms with Crippen molar-refractivity contribution in [2.45, 2.75) is 19.1 Å². The van der Waals surface area contributed by atoms with Crippen molar-refractivity contribution in [3.63, 3.8) is 0 Å². The molecule has 0 saturated heterocycles. The van der Waals surface area contributed by atoms with E-state index < -0.39 is 18.0 Å². The Balaban J connectivity index is 2.58. The first kappa shape index (κ1) is 12.4. The first-order valence-electron chi connectivity index (χ1n) is 4.49. The van der Waals surface area contributed by atoms with Gasteiger partial charge in [0.05, 0.1) is 6.10 Å². The van der Waals surface area contributed by atoms with Gasteiger partial charge in [-0.15, -0.1) is 0 Å². The first-order valence-corrected chi connectivity index (χ1v) is 5.28. The molecule has 2 unspecified atom stereocenters. The van der Waals surface area contributed by atoms with Crippen molar-refractivity contribution in [1.82, 2.24) is 4.98 Å². The maximum absolute atomic E-state index is 13.2. The van der Waals surface area contributed by atoms with E-state index in [2.05, 4.69) is 26.2 Å². The number of aromatic nitrogens is 1. The molecule has 0 fully saturated rings. The predicted octanol–water partition coefficient (Wildman–Crippen LogP) is 1.10. The van der Waals surface area contributed by atoms with Gasteiger partial charge in [-0.05, 0) is 28.9 Å². The monoisotopic (exact) mass is 277 g/mol. The zero-order chi connectivity index (χ0) is 11.4. The quantitative estimate of drug-likeness (QED) is 0.771. The first-order chi connectivity index (χ1) is 7.00. The second kappa shape index (κ2) is 5.39. The molecule has 0 radical (unpaired) electrons. The maximum atomic E-state index is 13.2. The fraction of sp³-hybridized carbons (Fsp3) is 0.444. The molecule has 0 aliphatic rings. The number of aliphatic hydroxyl groups excluding tert-OH is 1. The molecule has 0 aromatic carbocycles. The van der Waals surface area contributed by atoms with Crippen molar-refractivity contribution in [2.75, 3.05) is 11.9 Å². The van der Waals surface area contributed by atoms with Gasteiger partial charge in [-0.2, -0.15) is 0 Å². The van der Waals surface area contributed by atoms with E-state index in [9.17, 15) is 4.39 Å². The van der Waals surface area contributed by atoms with E-state index in [4.69, 9.17) is 10.8 Å². The van der Waals surface area contributed by atoms with Gasteiger partial charge < -0.3 is 16.2 Å². The van der Waals surface area contributed by atoms with Gasteiger partial charge in [0.1, 0.15) is 0 Å². The Morgan fingerprint density at radius 2 is 2.40 bits per heavy atom. The molecule has 2 atom stereocenters. The van der Waals surface area contributed by atoms with Crippen molar-refractivity contribution in [3.8, 4) is 0 Å². The summed E-state index contributed by atoms with van der Waals surface area (Å²) in [5.41, 5.74) is 5.57. The Bertz CT molecular complexity index is 335. The summed E-state index contributed by atoms with van der Waals surface area (Å²) in [6.07, 6.45) is 0.843. The molecule has 15 heavy (non-hydrogen) atoms. The van der Waals surface area contributed by atoms with E-state index in [1.54, 1.807) is 6.92 Å². The number of pyridine rings is 1. The van der Waals surface area contributed by atoms with Crippen LogP contribution in [0.4, 0.5) is 10.2 Å². The molecule has 6 heteroatoms. The lowest BCUT2D eigenvalue weighted by Gasteiger charge is -2.15. The minimum Gasteiger partial charge on any atom is -0.392 e. The van der Waals surface area contributed by atoms with Crippen LogP contribution in [-0.4, -0.2) is 28.8 Å². The highest BCUT2D eigenvalue weighted by Crippen LogP contribution is 2.15. The van der Waals surface area contributed by atoms with E-state index in [0.29, 0.717) is 4.47 Å². The molecular formula is C9H13BrFN3O. The number of nitrogens with zero attached hydrogens (tertiary/aromatic N) is 1. The van der Waals surface area contributed by atoms with Crippen LogP contribution >= 0.6 is 15.9 Å². The minimum atomic E-state index is -0.643. The smallest absolute Gasteiger partial charge is 0.166 e. The van der Waals surface area contributed by atoms with Gasteiger partial charge in [0.2, 0.25) is 0 Å². The largest absolute Gasteiger partial charge is 0.392 e. The van der Waals surface area contributed by atoms with Crippen LogP contribution in [0.2, 0.25) is 0 Å². The third kappa shape index (κ3) is 3.73. The number of nitrogens with one attached hydrogen (secondary N) is 1. The van der Waals surface area contributed by atoms with Crippen LogP contribution in [0.3, 0.4) is 0 Å². The lowest BCUT2D eigenvalue weighted by Crippen LogP contribution is -2.38. The molecule has 0 amide bonds. The van der Waals surface area contributed by atoms with Crippen molar-refractivity contribution in [3.05, 3.63) is 22.6 Å². The molecule has 1 heterocycles. The molecule has 0 aliphatic heterocycles. The lowest BCUT2D eigenvalue weighted by molar-refractivity contribution is 0.168. The average molecular weight is 278 g/mol. The van der Waals surface area contributed by atoms with Crippen LogP contribution < -0.4 is 11.1 Å². The van der Waals surface area contributed by atoms with Gasteiger partial charge in [-0.1, -0.05) is 0 Å². The Labute approximate surface area is 95.8 Å². The topological polar surface area (TPSA) is 71.2 Å². The highest BCUT2D eigenvalue weighted by molar-refractivity contribution is 9.10. The van der Waals surface area contributed by atoms with Crippen molar-refractivity contribution in [1.29, 1.82) is 0 Å². The molecular weight excluding hydrogens is 265 g/mol. The third-order valence-corrected chi connectivity index (χ3v) is 2.37. The molecule has 4 N–H and O–H groups in total. The van der Waals surface area contributed by atoms with Gasteiger partial charge in [-0.3, -0.25) is 0 Å². The van der Waals surface area contributed by atoms with Crippen molar-refractivity contribution >= 4 is 21.7 Å². The zero-order valence-corrected chi connectivity index (χ0v) is 9.83. The zero-order valence-electron chi connectivity index (χ0n) is 8.24. The van der Waals surface area contributed by atoms with Gasteiger partial charge in [0.15, 0.2) is 11.6 Å². The summed E-state index contributed by atoms with van der Waals surface area (Å²) in [5.74, 6) is -0.323. The number of halogens is 2. The molecule has 0 aliphatic carbocycles. The van der Waals surface area contributed by atoms with Gasteiger partial charge >= 0.3 is 0 Å². The molecule has 1 aromatic heterocycles. The Kier molecular flexibility index (Phi) is 4.44. The number of nitrogens with two attached hydrogens (primary N) is 1. The SMILES string of the molecule is CC(O)C(N)CNc1ncc(Br)cc1F. The Morgan fingerprint density at radius 1 is 1.73 bits per heavy atom. The predicted molar refractivity (Wildman–Crippen MR) is 60.0 cm³/mol. The molecule has 1 aromatic rings. The van der Waals surface area contributed by atoms with Crippen molar-refractivity contribution in [2.24, 2.45) is 5.73 Å². The van der Waals surface area contributed by atoms with E-state index in [0.717, 1.165) is 0 Å². The number of hydrogen-bond acceptors (Lipinski definition) is 4. The van der Waals surface area contributed by atoms with Crippen LogP contribution in [0.25, 0.3) is 0 Å². The standard InChI is InChI=1S/C9H13BrFN3O/c1-5(15)8(12)4-14-9-7(11)2-6(10)3-13-9/h2-3,5,8,15H,4,12H2,1H3,(H,13,14). The lowest BCUT2D eigenvalue weighted by atomic mass is 10.2. The highest BCUT2D eigenvalue weighted by atomic mass is 79.9. The van der Waals surface area contributed by atoms with Crippen molar-refractivity contribution < 1.29 is 9.50 Å². The highest BCUT2D eigenvalue weighted by Gasteiger charge is 2.10. The van der Waals surface area contributed by atoms with Crippen LogP contribution in [0, 0.1) is 5.82 Å². The summed E-state index contributed by atoms with van der Waals surface area (Å²) in [7, 11) is 0. The summed E-state index contributed by atoms with van der Waals surface area (Å²) in [6, 6.07) is 0.860. The third-order valence-electron chi connectivity index (χ3n) is 1.93. The summed E-state index contributed by atoms with van der Waals surface area (Å²) in [5, 5.41) is 11.9. The summed E-state index contributed by atoms with van der Waals surface area (Å²) in [6.45, 7) is 1.85. The Hall–Kier alpha value is -0.720. The van der Waals surface area contributed by atoms with Crippen LogP contribution in [0.5, 0.6) is 0 Å². The Morgan fingerprint density at radius 3 is 2.93 bits per heavy atom. The van der Waals surface area contributed by atoms with Crippen LogP contribution in [-0.2, 0) is 0 Å². The summed E-state index contributed by atoms with van der Waals surface area (Å²) in [4.78, 5) is 3.84. The van der Waals surface area contributed by atoms with Crippen LogP contribution in [0.15, 0.2) is 16.7 Å². The van der Waals surface area contributed by atoms with Crippen LogP contribution in [0.1, 0.15) is 6.92 Å². The molecule has 1 rings (SSSR count). The molecule has 84 valence electrons. The van der Waals surface area contributed by atoms with Gasteiger partial charge in [-0.25, -0.2) is 9.37 Å². The van der Waals surface area contributed by atoms with Gasteiger partial charge in [0.25, 0.3) is 0 Å². The molecule has 0 bridgehead atoms. The fourth-order valence-electron chi connectivity index (χ4n) is 0.930. The second-order valence-corrected chi connectivity index (χ2v) is 4.18. The molecule has 0 saturated carbocycles. The van der Waals surface area contributed by atoms with E-state index in [1.165, 1.54) is 12.3 Å². The second-order valence-electron chi connectivity index (χ2n) is 3.27. The van der Waals surface area contributed by atoms with E-state index in [-0.39, 0.29) is 12.4 Å². The number of aliphatic hydroxyl groups is 1. The number of hydrogen-bond donors (Lipinski definition) is 3. The summed E-state index contributed by atoms with van der Waals surface area (Å²) >= 11 is 3.10. The number of rotatable bonds is 4.